The predicted octanol–water partition coefficient (Wildman–Crippen LogP) is 3.78. The summed E-state index contributed by atoms with van der Waals surface area (Å²) in [6.07, 6.45) is 9.92. The number of hydrogen-bond donors (Lipinski definition) is 1. The molecular weight excluding hydrogens is 359 g/mol. The van der Waals surface area contributed by atoms with Gasteiger partial charge >= 0.3 is 0 Å². The minimum Gasteiger partial charge on any atom is -0.353 e. The zero-order valence-electron chi connectivity index (χ0n) is 16.3. The Morgan fingerprint density at radius 2 is 1.79 bits per heavy atom. The Hall–Kier alpha value is -1.95. The third kappa shape index (κ3) is 3.79. The number of nitrogens with zero attached hydrogens (tertiary/aromatic N) is 1. The Labute approximate surface area is 165 Å². The summed E-state index contributed by atoms with van der Waals surface area (Å²) < 4.78 is 19.9. The highest BCUT2D eigenvalue weighted by atomic mass is 19.1. The summed E-state index contributed by atoms with van der Waals surface area (Å²) >= 11 is 0. The van der Waals surface area contributed by atoms with Crippen LogP contribution in [0.2, 0.25) is 0 Å². The van der Waals surface area contributed by atoms with Crippen LogP contribution in [0.3, 0.4) is 0 Å². The van der Waals surface area contributed by atoms with Crippen LogP contribution in [0.4, 0.5) is 4.39 Å². The van der Waals surface area contributed by atoms with Gasteiger partial charge in [-0.05, 0) is 56.7 Å². The van der Waals surface area contributed by atoms with Crippen molar-refractivity contribution in [2.75, 3.05) is 6.61 Å². The summed E-state index contributed by atoms with van der Waals surface area (Å²) in [5, 5.41) is 3.14. The Morgan fingerprint density at radius 3 is 2.50 bits per heavy atom. The van der Waals surface area contributed by atoms with Crippen LogP contribution in [0.1, 0.15) is 74.6 Å². The fourth-order valence-corrected chi connectivity index (χ4v) is 4.98. The van der Waals surface area contributed by atoms with Gasteiger partial charge in [-0.3, -0.25) is 14.5 Å². The van der Waals surface area contributed by atoms with Gasteiger partial charge in [0.25, 0.3) is 5.91 Å². The van der Waals surface area contributed by atoms with Gasteiger partial charge in [0.1, 0.15) is 17.6 Å². The highest BCUT2D eigenvalue weighted by molar-refractivity contribution is 5.98. The summed E-state index contributed by atoms with van der Waals surface area (Å²) in [6.45, 7) is 0.208. The largest absolute Gasteiger partial charge is 0.353 e. The molecule has 28 heavy (non-hydrogen) atoms. The number of amides is 2. The molecule has 1 aliphatic heterocycles. The van der Waals surface area contributed by atoms with Crippen LogP contribution < -0.4 is 5.32 Å². The van der Waals surface area contributed by atoms with Gasteiger partial charge in [0.05, 0.1) is 6.61 Å². The van der Waals surface area contributed by atoms with E-state index in [4.69, 9.17) is 4.74 Å². The average Bonchev–Trinajstić information content (AvgIpc) is 3.07. The van der Waals surface area contributed by atoms with Crippen molar-refractivity contribution in [3.8, 4) is 0 Å². The molecule has 2 saturated carbocycles. The van der Waals surface area contributed by atoms with Crippen molar-refractivity contribution in [3.63, 3.8) is 0 Å². The molecule has 0 unspecified atom stereocenters. The van der Waals surface area contributed by atoms with Gasteiger partial charge in [0, 0.05) is 11.6 Å². The van der Waals surface area contributed by atoms with Crippen LogP contribution in [0.25, 0.3) is 0 Å². The van der Waals surface area contributed by atoms with E-state index in [9.17, 15) is 14.0 Å². The molecule has 5 nitrogen and oxygen atoms in total. The van der Waals surface area contributed by atoms with Crippen molar-refractivity contribution in [3.05, 3.63) is 35.6 Å². The Morgan fingerprint density at radius 1 is 1.07 bits per heavy atom. The first-order valence-corrected chi connectivity index (χ1v) is 10.6. The molecule has 3 fully saturated rings. The molecule has 6 heteroatoms. The minimum absolute atomic E-state index is 0.140. The van der Waals surface area contributed by atoms with E-state index in [-0.39, 0.29) is 30.0 Å². The van der Waals surface area contributed by atoms with E-state index in [1.165, 1.54) is 24.6 Å². The summed E-state index contributed by atoms with van der Waals surface area (Å²) in [5.41, 5.74) is -0.470. The first-order chi connectivity index (χ1) is 13.6. The number of hydrogen-bond acceptors (Lipinski definition) is 3. The van der Waals surface area contributed by atoms with E-state index in [1.54, 1.807) is 11.0 Å². The number of carbonyl (C=O) groups is 2. The molecule has 1 saturated heterocycles. The number of carbonyl (C=O) groups excluding carboxylic acids is 2. The Bertz CT molecular complexity index is 726. The molecule has 4 rings (SSSR count). The lowest BCUT2D eigenvalue weighted by molar-refractivity contribution is -0.128. The normalized spacial score (nSPS) is 25.0. The standard InChI is InChI=1S/C22H29FN2O3/c23-17-9-7-8-16(14-17)21(27)25-19(15-28-22(25)12-5-2-6-13-22)20(26)24-18-10-3-1-4-11-18/h7-9,14,18-19H,1-6,10-13,15H2,(H,24,26)/t19-/m1/s1. The van der Waals surface area contributed by atoms with Gasteiger partial charge in [0.15, 0.2) is 0 Å². The first kappa shape index (κ1) is 19.4. The second-order valence-electron chi connectivity index (χ2n) is 8.36. The fraction of sp³-hybridized carbons (Fsp3) is 0.636. The van der Waals surface area contributed by atoms with Gasteiger partial charge in [-0.25, -0.2) is 4.39 Å². The number of ether oxygens (including phenoxy) is 1. The Kier molecular flexibility index (Phi) is 5.67. The zero-order chi connectivity index (χ0) is 19.6. The summed E-state index contributed by atoms with van der Waals surface area (Å²) in [6, 6.07) is 5.22. The molecule has 1 aromatic carbocycles. The van der Waals surface area contributed by atoms with E-state index >= 15 is 0 Å². The number of rotatable bonds is 3. The predicted molar refractivity (Wildman–Crippen MR) is 103 cm³/mol. The monoisotopic (exact) mass is 388 g/mol. The highest BCUT2D eigenvalue weighted by Gasteiger charge is 2.53. The Balaban J connectivity index is 1.59. The molecule has 2 amide bonds. The van der Waals surface area contributed by atoms with E-state index in [2.05, 4.69) is 5.32 Å². The van der Waals surface area contributed by atoms with Crippen molar-refractivity contribution in [2.45, 2.75) is 82.0 Å². The fourth-order valence-electron chi connectivity index (χ4n) is 4.98. The maximum atomic E-state index is 13.7. The second kappa shape index (κ2) is 8.19. The molecule has 152 valence electrons. The van der Waals surface area contributed by atoms with E-state index < -0.39 is 17.6 Å². The van der Waals surface area contributed by atoms with E-state index in [1.807, 2.05) is 0 Å². The van der Waals surface area contributed by atoms with E-state index in [0.29, 0.717) is 0 Å². The lowest BCUT2D eigenvalue weighted by Gasteiger charge is -2.41. The molecule has 2 aliphatic carbocycles. The van der Waals surface area contributed by atoms with Gasteiger partial charge in [-0.1, -0.05) is 31.7 Å². The van der Waals surface area contributed by atoms with Crippen molar-refractivity contribution in [1.82, 2.24) is 10.2 Å². The van der Waals surface area contributed by atoms with Gasteiger partial charge in [-0.2, -0.15) is 0 Å². The number of nitrogens with one attached hydrogen (secondary N) is 1. The quantitative estimate of drug-likeness (QED) is 0.857. The molecular formula is C22H29FN2O3. The highest BCUT2D eigenvalue weighted by Crippen LogP contribution is 2.41. The number of benzene rings is 1. The molecule has 0 bridgehead atoms. The zero-order valence-corrected chi connectivity index (χ0v) is 16.3. The smallest absolute Gasteiger partial charge is 0.256 e. The summed E-state index contributed by atoms with van der Waals surface area (Å²) in [5.74, 6) is -0.909. The van der Waals surface area contributed by atoms with Crippen molar-refractivity contribution in [1.29, 1.82) is 0 Å². The lowest BCUT2D eigenvalue weighted by atomic mass is 9.89. The van der Waals surface area contributed by atoms with Gasteiger partial charge in [0.2, 0.25) is 5.91 Å². The topological polar surface area (TPSA) is 58.6 Å². The molecule has 1 spiro atoms. The van der Waals surface area contributed by atoms with E-state index in [0.717, 1.165) is 57.8 Å². The average molecular weight is 388 g/mol. The third-order valence-corrected chi connectivity index (χ3v) is 6.44. The molecule has 3 aliphatic rings. The molecule has 0 aromatic heterocycles. The first-order valence-electron chi connectivity index (χ1n) is 10.6. The van der Waals surface area contributed by atoms with Crippen molar-refractivity contribution >= 4 is 11.8 Å². The van der Waals surface area contributed by atoms with Gasteiger partial charge < -0.3 is 10.1 Å². The summed E-state index contributed by atoms with van der Waals surface area (Å²) in [7, 11) is 0. The van der Waals surface area contributed by atoms with Crippen LogP contribution in [0, 0.1) is 5.82 Å². The minimum atomic E-state index is -0.740. The van der Waals surface area contributed by atoms with Crippen molar-refractivity contribution in [2.24, 2.45) is 0 Å². The maximum Gasteiger partial charge on any atom is 0.256 e. The SMILES string of the molecule is O=C(NC1CCCCC1)[C@H]1COC2(CCCCC2)N1C(=O)c1cccc(F)c1. The van der Waals surface area contributed by atoms with Crippen LogP contribution >= 0.6 is 0 Å². The van der Waals surface area contributed by atoms with Crippen LogP contribution in [-0.2, 0) is 9.53 Å². The second-order valence-corrected chi connectivity index (χ2v) is 8.36. The van der Waals surface area contributed by atoms with Crippen LogP contribution in [0.15, 0.2) is 24.3 Å². The van der Waals surface area contributed by atoms with Crippen LogP contribution in [-0.4, -0.2) is 41.1 Å². The maximum absolute atomic E-state index is 13.7. The molecule has 0 radical (unpaired) electrons. The molecule has 1 heterocycles. The molecule has 1 atom stereocenters. The lowest BCUT2D eigenvalue weighted by Crippen LogP contribution is -2.57. The third-order valence-electron chi connectivity index (χ3n) is 6.44. The van der Waals surface area contributed by atoms with Crippen molar-refractivity contribution < 1.29 is 18.7 Å². The molecule has 1 N–H and O–H groups in total. The van der Waals surface area contributed by atoms with Gasteiger partial charge in [-0.15, -0.1) is 0 Å². The van der Waals surface area contributed by atoms with Crippen LogP contribution in [0.5, 0.6) is 0 Å². The molecule has 1 aromatic rings. The number of halogens is 1. The summed E-state index contributed by atoms with van der Waals surface area (Å²) in [4.78, 5) is 28.1.